The van der Waals surface area contributed by atoms with Gasteiger partial charge in [0.2, 0.25) is 0 Å². The maximum Gasteiger partial charge on any atom is 0.339 e. The van der Waals surface area contributed by atoms with E-state index in [0.717, 1.165) is 10.7 Å². The Bertz CT molecular complexity index is 664. The minimum absolute atomic E-state index is 0.225. The van der Waals surface area contributed by atoms with Crippen LogP contribution in [-0.2, 0) is 14.6 Å². The van der Waals surface area contributed by atoms with Crippen LogP contribution in [0.15, 0.2) is 12.1 Å². The van der Waals surface area contributed by atoms with E-state index in [-0.39, 0.29) is 17.5 Å². The van der Waals surface area contributed by atoms with Crippen molar-refractivity contribution in [2.24, 2.45) is 0 Å². The van der Waals surface area contributed by atoms with Gasteiger partial charge in [-0.05, 0) is 79.9 Å². The molecule has 0 radical (unpaired) electrons. The number of halogens is 3. The monoisotopic (exact) mass is 662 g/mol. The normalized spacial score (nSPS) is 18.1. The second-order valence-electron chi connectivity index (χ2n) is 5.04. The third kappa shape index (κ3) is 5.41. The van der Waals surface area contributed by atoms with Crippen molar-refractivity contribution in [3.63, 3.8) is 0 Å². The molecule has 1 aromatic rings. The molecular formula is C13H15I3NO4S+. The third-order valence-electron chi connectivity index (χ3n) is 3.43. The van der Waals surface area contributed by atoms with E-state index in [9.17, 15) is 13.2 Å². The van der Waals surface area contributed by atoms with Gasteiger partial charge in [0.1, 0.15) is 13.2 Å². The van der Waals surface area contributed by atoms with E-state index in [0.29, 0.717) is 31.8 Å². The van der Waals surface area contributed by atoms with Crippen molar-refractivity contribution in [3.05, 3.63) is 28.4 Å². The first-order chi connectivity index (χ1) is 10.3. The minimum Gasteiger partial charge on any atom is -0.456 e. The Hall–Kier alpha value is 0.790. The minimum atomic E-state index is -2.85. The highest BCUT2D eigenvalue weighted by molar-refractivity contribution is 14.1. The molecule has 9 heteroatoms. The number of rotatable bonds is 4. The number of carbonyl (C=O) groups excluding carboxylic acids is 1. The second kappa shape index (κ2) is 8.25. The smallest absolute Gasteiger partial charge is 0.339 e. The summed E-state index contributed by atoms with van der Waals surface area (Å²) in [6.45, 7) is 2.16. The van der Waals surface area contributed by atoms with Crippen LogP contribution in [0.4, 0.5) is 0 Å². The van der Waals surface area contributed by atoms with Gasteiger partial charge < -0.3 is 9.64 Å². The molecular weight excluding hydrogens is 647 g/mol. The van der Waals surface area contributed by atoms with Gasteiger partial charge in [-0.15, -0.1) is 0 Å². The molecule has 0 spiro atoms. The van der Waals surface area contributed by atoms with Gasteiger partial charge in [-0.1, -0.05) is 0 Å². The summed E-state index contributed by atoms with van der Waals surface area (Å²) in [4.78, 5) is 13.4. The maximum absolute atomic E-state index is 12.2. The lowest BCUT2D eigenvalue weighted by Crippen LogP contribution is -3.14. The van der Waals surface area contributed by atoms with Crippen molar-refractivity contribution in [1.82, 2.24) is 0 Å². The first kappa shape index (κ1) is 19.1. The van der Waals surface area contributed by atoms with E-state index in [4.69, 9.17) is 4.74 Å². The molecule has 22 heavy (non-hydrogen) atoms. The zero-order valence-electron chi connectivity index (χ0n) is 11.6. The fourth-order valence-electron chi connectivity index (χ4n) is 2.15. The average molecular weight is 662 g/mol. The largest absolute Gasteiger partial charge is 0.456 e. The van der Waals surface area contributed by atoms with Crippen molar-refractivity contribution in [2.75, 3.05) is 37.7 Å². The van der Waals surface area contributed by atoms with Gasteiger partial charge in [-0.3, -0.25) is 0 Å². The standard InChI is InChI=1S/C13H14I3NO4S/c14-9-7-10(12(16)11(15)8-9)13(18)21-4-1-17-2-5-22(19,20)6-3-17/h7-8H,1-6H2/p+1. The number of hydrogen-bond donors (Lipinski definition) is 1. The number of hydrogen-bond acceptors (Lipinski definition) is 4. The van der Waals surface area contributed by atoms with Gasteiger partial charge in [0.15, 0.2) is 9.84 Å². The van der Waals surface area contributed by atoms with E-state index in [1.54, 1.807) is 0 Å². The van der Waals surface area contributed by atoms with Crippen LogP contribution in [0, 0.1) is 10.7 Å². The molecule has 1 fully saturated rings. The number of carbonyl (C=O) groups is 1. The Morgan fingerprint density at radius 2 is 1.82 bits per heavy atom. The molecule has 1 N–H and O–H groups in total. The molecule has 2 rings (SSSR count). The topological polar surface area (TPSA) is 64.9 Å². The number of quaternary nitrogens is 1. The summed E-state index contributed by atoms with van der Waals surface area (Å²) in [5.41, 5.74) is 0.591. The van der Waals surface area contributed by atoms with Crippen LogP contribution in [0.25, 0.3) is 0 Å². The highest BCUT2D eigenvalue weighted by Gasteiger charge is 2.24. The number of sulfone groups is 1. The molecule has 1 heterocycles. The molecule has 0 aromatic heterocycles. The summed E-state index contributed by atoms with van der Waals surface area (Å²) in [5.74, 6) is 0.136. The summed E-state index contributed by atoms with van der Waals surface area (Å²) in [6, 6.07) is 3.84. The first-order valence-corrected chi connectivity index (χ1v) is 11.7. The molecule has 1 saturated heterocycles. The van der Waals surface area contributed by atoms with Crippen LogP contribution in [0.1, 0.15) is 10.4 Å². The van der Waals surface area contributed by atoms with Crippen LogP contribution in [0.5, 0.6) is 0 Å². The van der Waals surface area contributed by atoms with E-state index >= 15 is 0 Å². The second-order valence-corrected chi connectivity index (χ2v) is 10.8. The van der Waals surface area contributed by atoms with E-state index in [2.05, 4.69) is 67.8 Å². The fourth-order valence-corrected chi connectivity index (χ4v) is 5.93. The summed E-state index contributed by atoms with van der Waals surface area (Å²) in [7, 11) is -2.85. The predicted octanol–water partition coefficient (Wildman–Crippen LogP) is 0.971. The van der Waals surface area contributed by atoms with Gasteiger partial charge in [0.05, 0.1) is 30.2 Å². The van der Waals surface area contributed by atoms with Gasteiger partial charge in [-0.2, -0.15) is 0 Å². The van der Waals surface area contributed by atoms with Crippen LogP contribution in [-0.4, -0.2) is 52.1 Å². The van der Waals surface area contributed by atoms with Crippen molar-refractivity contribution in [2.45, 2.75) is 0 Å². The molecule has 0 atom stereocenters. The lowest BCUT2D eigenvalue weighted by Gasteiger charge is -2.23. The molecule has 1 aliphatic rings. The van der Waals surface area contributed by atoms with E-state index in [1.807, 2.05) is 12.1 Å². The Morgan fingerprint density at radius 1 is 1.18 bits per heavy atom. The number of ether oxygens (including phenoxy) is 1. The Morgan fingerprint density at radius 3 is 2.45 bits per heavy atom. The highest BCUT2D eigenvalue weighted by Crippen LogP contribution is 2.23. The number of benzene rings is 1. The molecule has 1 aliphatic heterocycles. The Balaban J connectivity index is 1.86. The quantitative estimate of drug-likeness (QED) is 0.297. The average Bonchev–Trinajstić information content (AvgIpc) is 2.44. The Kier molecular flexibility index (Phi) is 7.17. The summed E-state index contributed by atoms with van der Waals surface area (Å²) in [6.07, 6.45) is 0. The lowest BCUT2D eigenvalue weighted by atomic mass is 10.2. The molecule has 0 bridgehead atoms. The lowest BCUT2D eigenvalue weighted by molar-refractivity contribution is -0.896. The van der Waals surface area contributed by atoms with Crippen LogP contribution < -0.4 is 4.90 Å². The van der Waals surface area contributed by atoms with E-state index < -0.39 is 9.84 Å². The van der Waals surface area contributed by atoms with Crippen LogP contribution >= 0.6 is 67.8 Å². The predicted molar refractivity (Wildman–Crippen MR) is 109 cm³/mol. The van der Waals surface area contributed by atoms with Gasteiger partial charge in [0, 0.05) is 10.7 Å². The fraction of sp³-hybridized carbons (Fsp3) is 0.462. The SMILES string of the molecule is O=C(OCC[NH+]1CCS(=O)(=O)CC1)c1cc(I)cc(I)c1I. The molecule has 5 nitrogen and oxygen atoms in total. The zero-order valence-corrected chi connectivity index (χ0v) is 18.9. The van der Waals surface area contributed by atoms with Crippen LogP contribution in [0.3, 0.4) is 0 Å². The summed E-state index contributed by atoms with van der Waals surface area (Å²) >= 11 is 6.54. The first-order valence-electron chi connectivity index (χ1n) is 6.64. The maximum atomic E-state index is 12.2. The molecule has 0 unspecified atom stereocenters. The van der Waals surface area contributed by atoms with Crippen molar-refractivity contribution in [3.8, 4) is 0 Å². The molecule has 0 saturated carbocycles. The van der Waals surface area contributed by atoms with E-state index in [1.165, 1.54) is 4.90 Å². The highest BCUT2D eigenvalue weighted by atomic mass is 127. The molecule has 0 amide bonds. The van der Waals surface area contributed by atoms with Gasteiger partial charge >= 0.3 is 5.97 Å². The van der Waals surface area contributed by atoms with Gasteiger partial charge in [-0.25, -0.2) is 13.2 Å². The summed E-state index contributed by atoms with van der Waals surface area (Å²) < 4.78 is 31.0. The van der Waals surface area contributed by atoms with Crippen molar-refractivity contribution >= 4 is 83.6 Å². The number of esters is 1. The number of nitrogens with one attached hydrogen (secondary N) is 1. The zero-order chi connectivity index (χ0) is 16.3. The van der Waals surface area contributed by atoms with Crippen molar-refractivity contribution < 1.29 is 22.8 Å². The molecule has 1 aromatic carbocycles. The summed E-state index contributed by atoms with van der Waals surface area (Å²) in [5, 5.41) is 0. The third-order valence-corrected chi connectivity index (χ3v) is 8.76. The molecule has 0 aliphatic carbocycles. The Labute approximate surface area is 170 Å². The van der Waals surface area contributed by atoms with Crippen LogP contribution in [0.2, 0.25) is 0 Å². The molecule has 122 valence electrons. The van der Waals surface area contributed by atoms with Gasteiger partial charge in [0.25, 0.3) is 0 Å². The van der Waals surface area contributed by atoms with Crippen molar-refractivity contribution in [1.29, 1.82) is 0 Å².